The topological polar surface area (TPSA) is 26.3 Å². The molecule has 0 rings (SSSR count). The Morgan fingerprint density at radius 2 is 1.56 bits per heavy atom. The van der Waals surface area contributed by atoms with Crippen molar-refractivity contribution in [1.82, 2.24) is 0 Å². The first-order chi connectivity index (χ1) is 8.28. The first kappa shape index (κ1) is 16.6. The second-order valence-corrected chi connectivity index (χ2v) is 9.59. The first-order valence-corrected chi connectivity index (χ1v) is 8.27. The Labute approximate surface area is 112 Å². The number of hydrogen-bond acceptors (Lipinski definition) is 2. The van der Waals surface area contributed by atoms with Crippen LogP contribution in [0.1, 0.15) is 27.2 Å². The molecule has 0 N–H and O–H groups in total. The second kappa shape index (κ2) is 7.16. The maximum Gasteiger partial charge on any atom is 0.330 e. The Kier molecular flexibility index (Phi) is 6.63. The van der Waals surface area contributed by atoms with Crippen LogP contribution in [-0.4, -0.2) is 20.7 Å². The van der Waals surface area contributed by atoms with E-state index in [0.29, 0.717) is 6.61 Å². The van der Waals surface area contributed by atoms with E-state index in [9.17, 15) is 4.79 Å². The van der Waals surface area contributed by atoms with Gasteiger partial charge in [0.15, 0.2) is 0 Å². The van der Waals surface area contributed by atoms with Crippen LogP contribution in [0.2, 0.25) is 6.04 Å². The van der Waals surface area contributed by atoms with E-state index in [4.69, 9.17) is 4.74 Å². The number of esters is 1. The highest BCUT2D eigenvalue weighted by Gasteiger charge is 2.35. The third kappa shape index (κ3) is 3.84. The van der Waals surface area contributed by atoms with Crippen molar-refractivity contribution in [3.05, 3.63) is 48.0 Å². The van der Waals surface area contributed by atoms with Crippen LogP contribution in [0.3, 0.4) is 0 Å². The molecule has 0 saturated carbocycles. The molecule has 2 nitrogen and oxygen atoms in total. The van der Waals surface area contributed by atoms with E-state index < -0.39 is 8.07 Å². The summed E-state index contributed by atoms with van der Waals surface area (Å²) >= 11 is 0. The highest BCUT2D eigenvalue weighted by Crippen LogP contribution is 2.33. The van der Waals surface area contributed by atoms with Crippen LogP contribution in [-0.2, 0) is 9.53 Å². The van der Waals surface area contributed by atoms with E-state index >= 15 is 0 Å². The largest absolute Gasteiger partial charge is 0.463 e. The molecule has 0 aliphatic carbocycles. The summed E-state index contributed by atoms with van der Waals surface area (Å²) in [6, 6.07) is 0.942. The predicted molar refractivity (Wildman–Crippen MR) is 80.8 cm³/mol. The van der Waals surface area contributed by atoms with Crippen LogP contribution in [0.4, 0.5) is 0 Å². The molecule has 3 heteroatoms. The lowest BCUT2D eigenvalue weighted by Crippen LogP contribution is -2.39. The molecule has 0 fully saturated rings. The number of carbonyl (C=O) groups excluding carboxylic acids is 1. The van der Waals surface area contributed by atoms with Crippen molar-refractivity contribution in [3.8, 4) is 0 Å². The normalized spacial score (nSPS) is 10.6. The minimum Gasteiger partial charge on any atom is -0.463 e. The van der Waals surface area contributed by atoms with Crippen molar-refractivity contribution in [3.63, 3.8) is 0 Å². The van der Waals surface area contributed by atoms with Gasteiger partial charge < -0.3 is 4.74 Å². The van der Waals surface area contributed by atoms with Gasteiger partial charge in [-0.15, -0.1) is 19.7 Å². The molecular formula is C15H24O2Si. The average Bonchev–Trinajstić information content (AvgIpc) is 2.27. The van der Waals surface area contributed by atoms with Gasteiger partial charge in [0.25, 0.3) is 0 Å². The number of carbonyl (C=O) groups is 1. The molecule has 0 radical (unpaired) electrons. The van der Waals surface area contributed by atoms with Crippen molar-refractivity contribution in [2.75, 3.05) is 6.61 Å². The minimum atomic E-state index is -1.91. The van der Waals surface area contributed by atoms with Gasteiger partial charge in [-0.25, -0.2) is 4.79 Å². The van der Waals surface area contributed by atoms with E-state index in [1.165, 1.54) is 6.08 Å². The first-order valence-electron chi connectivity index (χ1n) is 6.06. The predicted octanol–water partition coefficient (Wildman–Crippen LogP) is 3.90. The standard InChI is InChI=1S/C15H24O2Si/c1-8-15(16)17-10-9-11-18(12(2)3,13(4)5)14(6)7/h8H,1-2,4,6,9-11H2,3,5,7H3. The lowest BCUT2D eigenvalue weighted by molar-refractivity contribution is -0.137. The highest BCUT2D eigenvalue weighted by molar-refractivity contribution is 6.97. The van der Waals surface area contributed by atoms with E-state index in [1.807, 2.05) is 20.8 Å². The summed E-state index contributed by atoms with van der Waals surface area (Å²) in [4.78, 5) is 11.0. The van der Waals surface area contributed by atoms with Crippen molar-refractivity contribution in [2.45, 2.75) is 33.2 Å². The molecule has 100 valence electrons. The monoisotopic (exact) mass is 264 g/mol. The van der Waals surface area contributed by atoms with Crippen LogP contribution < -0.4 is 0 Å². The molecule has 0 heterocycles. The number of allylic oxidation sites excluding steroid dienone is 3. The molecule has 0 unspecified atom stereocenters. The third-order valence-corrected chi connectivity index (χ3v) is 8.77. The van der Waals surface area contributed by atoms with Crippen molar-refractivity contribution in [2.24, 2.45) is 0 Å². The maximum atomic E-state index is 11.0. The Morgan fingerprint density at radius 1 is 1.11 bits per heavy atom. The van der Waals surface area contributed by atoms with Gasteiger partial charge in [0, 0.05) is 6.08 Å². The summed E-state index contributed by atoms with van der Waals surface area (Å²) in [5, 5.41) is 3.49. The Balaban J connectivity index is 4.68. The van der Waals surface area contributed by atoms with Crippen LogP contribution in [0.15, 0.2) is 48.0 Å². The zero-order valence-corrected chi connectivity index (χ0v) is 12.8. The fraction of sp³-hybridized carbons (Fsp3) is 0.400. The van der Waals surface area contributed by atoms with Gasteiger partial charge in [-0.2, -0.15) is 0 Å². The molecule has 0 amide bonds. The smallest absolute Gasteiger partial charge is 0.330 e. The zero-order valence-electron chi connectivity index (χ0n) is 11.8. The molecule has 0 aliphatic heterocycles. The maximum absolute atomic E-state index is 11.0. The molecule has 0 atom stereocenters. The summed E-state index contributed by atoms with van der Waals surface area (Å²) in [6.07, 6.45) is 1.99. The number of ether oxygens (including phenoxy) is 1. The van der Waals surface area contributed by atoms with Gasteiger partial charge >= 0.3 is 5.97 Å². The van der Waals surface area contributed by atoms with Crippen molar-refractivity contribution in [1.29, 1.82) is 0 Å². The van der Waals surface area contributed by atoms with Gasteiger partial charge in [-0.1, -0.05) is 22.2 Å². The van der Waals surface area contributed by atoms with Gasteiger partial charge in [0.1, 0.15) is 8.07 Å². The van der Waals surface area contributed by atoms with E-state index in [1.54, 1.807) is 0 Å². The van der Waals surface area contributed by atoms with E-state index in [0.717, 1.165) is 28.1 Å². The van der Waals surface area contributed by atoms with Crippen LogP contribution >= 0.6 is 0 Å². The summed E-state index contributed by atoms with van der Waals surface area (Å²) in [7, 11) is -1.91. The summed E-state index contributed by atoms with van der Waals surface area (Å²) in [5.74, 6) is -0.372. The molecule has 0 saturated heterocycles. The van der Waals surface area contributed by atoms with Crippen LogP contribution in [0.25, 0.3) is 0 Å². The van der Waals surface area contributed by atoms with Gasteiger partial charge in [-0.05, 0) is 33.2 Å². The van der Waals surface area contributed by atoms with Crippen molar-refractivity contribution < 1.29 is 9.53 Å². The molecule has 0 aromatic carbocycles. The summed E-state index contributed by atoms with van der Waals surface area (Å²) in [5.41, 5.74) is 0. The molecule has 0 aromatic heterocycles. The highest BCUT2D eigenvalue weighted by atomic mass is 28.3. The summed E-state index contributed by atoms with van der Waals surface area (Å²) < 4.78 is 5.00. The number of rotatable bonds is 8. The molecular weight excluding hydrogens is 240 g/mol. The molecule has 0 aliphatic rings. The minimum absolute atomic E-state index is 0.372. The molecule has 18 heavy (non-hydrogen) atoms. The third-order valence-electron chi connectivity index (χ3n) is 3.29. The quantitative estimate of drug-likeness (QED) is 0.288. The Morgan fingerprint density at radius 3 is 1.89 bits per heavy atom. The molecule has 0 bridgehead atoms. The van der Waals surface area contributed by atoms with Gasteiger partial charge in [0.05, 0.1) is 6.61 Å². The Hall–Kier alpha value is -1.35. The molecule has 0 aromatic rings. The van der Waals surface area contributed by atoms with Crippen LogP contribution in [0, 0.1) is 0 Å². The van der Waals surface area contributed by atoms with E-state index in [-0.39, 0.29) is 5.97 Å². The Bertz CT molecular complexity index is 344. The average molecular weight is 264 g/mol. The van der Waals surface area contributed by atoms with E-state index in [2.05, 4.69) is 26.3 Å². The van der Waals surface area contributed by atoms with Crippen molar-refractivity contribution >= 4 is 14.0 Å². The van der Waals surface area contributed by atoms with Gasteiger partial charge in [-0.3, -0.25) is 0 Å². The lowest BCUT2D eigenvalue weighted by Gasteiger charge is -2.33. The second-order valence-electron chi connectivity index (χ2n) is 4.72. The van der Waals surface area contributed by atoms with Crippen LogP contribution in [0.5, 0.6) is 0 Å². The summed E-state index contributed by atoms with van der Waals surface area (Å²) in [6.45, 7) is 22.3. The number of hydrogen-bond donors (Lipinski definition) is 0. The molecule has 0 spiro atoms. The zero-order chi connectivity index (χ0) is 14.3. The fourth-order valence-electron chi connectivity index (χ4n) is 2.30. The fourth-order valence-corrected chi connectivity index (χ4v) is 6.44. The SMILES string of the molecule is C=CC(=O)OCCC[Si](C(=C)C)(C(=C)C)C(=C)C. The lowest BCUT2D eigenvalue weighted by atomic mass is 10.5. The van der Waals surface area contributed by atoms with Gasteiger partial charge in [0.2, 0.25) is 0 Å².